The molecular formula is C29H52N2O2S. The molecule has 0 radical (unpaired) electrons. The third-order valence-corrected chi connectivity index (χ3v) is 11.7. The topological polar surface area (TPSA) is 64.5 Å². The largest absolute Gasteiger partial charge is 0.393 e. The monoisotopic (exact) mass is 492 g/mol. The van der Waals surface area contributed by atoms with Crippen molar-refractivity contribution < 1.29 is 10.2 Å². The molecule has 4 aliphatic carbocycles. The maximum absolute atomic E-state index is 11.9. The van der Waals surface area contributed by atoms with Gasteiger partial charge in [0, 0.05) is 12.6 Å². The predicted octanol–water partition coefficient (Wildman–Crippen LogP) is 5.51. The summed E-state index contributed by atoms with van der Waals surface area (Å²) in [6.07, 6.45) is 9.98. The number of thiocarbonyl (C=S) groups is 1. The molecule has 4 N–H and O–H groups in total. The minimum absolute atomic E-state index is 0.168. The van der Waals surface area contributed by atoms with Crippen LogP contribution in [-0.2, 0) is 0 Å². The Kier molecular flexibility index (Phi) is 7.97. The minimum Gasteiger partial charge on any atom is -0.393 e. The second-order valence-corrected chi connectivity index (χ2v) is 13.9. The number of rotatable bonds is 6. The number of fused-ring (bicyclic) bond motifs is 5. The van der Waals surface area contributed by atoms with Crippen molar-refractivity contribution in [1.82, 2.24) is 10.6 Å². The maximum atomic E-state index is 11.9. The van der Waals surface area contributed by atoms with E-state index >= 15 is 0 Å². The van der Waals surface area contributed by atoms with Crippen LogP contribution in [0.4, 0.5) is 0 Å². The first-order valence-electron chi connectivity index (χ1n) is 14.4. The van der Waals surface area contributed by atoms with Crippen molar-refractivity contribution >= 4 is 17.3 Å². The molecule has 4 nitrogen and oxygen atoms in total. The van der Waals surface area contributed by atoms with Crippen molar-refractivity contribution in [3.8, 4) is 0 Å². The van der Waals surface area contributed by atoms with Crippen LogP contribution in [0.15, 0.2) is 0 Å². The normalized spacial score (nSPS) is 46.9. The summed E-state index contributed by atoms with van der Waals surface area (Å²) in [7, 11) is 0. The molecule has 0 bridgehead atoms. The molecule has 0 saturated heterocycles. The molecule has 0 aromatic carbocycles. The van der Waals surface area contributed by atoms with Crippen LogP contribution >= 0.6 is 12.2 Å². The van der Waals surface area contributed by atoms with Gasteiger partial charge >= 0.3 is 0 Å². The fourth-order valence-electron chi connectivity index (χ4n) is 9.86. The summed E-state index contributed by atoms with van der Waals surface area (Å²) < 4.78 is 0. The first kappa shape index (κ1) is 26.7. The summed E-state index contributed by atoms with van der Waals surface area (Å²) in [4.78, 5) is 0. The van der Waals surface area contributed by atoms with Gasteiger partial charge in [0.05, 0.1) is 12.2 Å². The molecule has 34 heavy (non-hydrogen) atoms. The van der Waals surface area contributed by atoms with Gasteiger partial charge in [-0.3, -0.25) is 0 Å². The van der Waals surface area contributed by atoms with Crippen LogP contribution in [0, 0.1) is 52.3 Å². The van der Waals surface area contributed by atoms with E-state index in [9.17, 15) is 10.2 Å². The maximum Gasteiger partial charge on any atom is 0.166 e. The van der Waals surface area contributed by atoms with Crippen molar-refractivity contribution in [1.29, 1.82) is 0 Å². The average Bonchev–Trinajstić information content (AvgIpc) is 3.12. The van der Waals surface area contributed by atoms with Crippen LogP contribution in [0.1, 0.15) is 99.3 Å². The van der Waals surface area contributed by atoms with Crippen molar-refractivity contribution in [2.24, 2.45) is 52.3 Å². The van der Waals surface area contributed by atoms with E-state index in [-0.39, 0.29) is 17.6 Å². The molecule has 0 aliphatic heterocycles. The Morgan fingerprint density at radius 3 is 2.32 bits per heavy atom. The lowest BCUT2D eigenvalue weighted by atomic mass is 9.41. The van der Waals surface area contributed by atoms with Crippen molar-refractivity contribution in [2.75, 3.05) is 6.54 Å². The lowest BCUT2D eigenvalue weighted by Crippen LogP contribution is -2.62. The molecule has 1 unspecified atom stereocenters. The highest BCUT2D eigenvalue weighted by molar-refractivity contribution is 7.80. The number of hydrogen-bond donors (Lipinski definition) is 4. The molecule has 0 aromatic rings. The Morgan fingerprint density at radius 2 is 1.65 bits per heavy atom. The summed E-state index contributed by atoms with van der Waals surface area (Å²) >= 11 is 5.43. The molecule has 5 heteroatoms. The van der Waals surface area contributed by atoms with Gasteiger partial charge in [0.25, 0.3) is 0 Å². The van der Waals surface area contributed by atoms with Gasteiger partial charge in [0.15, 0.2) is 5.11 Å². The number of aliphatic hydroxyl groups is 2. The smallest absolute Gasteiger partial charge is 0.166 e. The molecule has 196 valence electrons. The molecule has 11 atom stereocenters. The van der Waals surface area contributed by atoms with Crippen LogP contribution in [0.2, 0.25) is 0 Å². The highest BCUT2D eigenvalue weighted by Crippen LogP contribution is 2.69. The summed E-state index contributed by atoms with van der Waals surface area (Å²) in [6, 6.07) is 0.366. The van der Waals surface area contributed by atoms with Gasteiger partial charge in [-0.05, 0) is 130 Å². The SMILES string of the molecule is CC[C@@H]1C2C[C@H](O)CC[C@]2(C)[C@H]2CC[C@]3(C)[C@@H]([C@H](C)CCNC(=S)NC(C)C)CC[C@H]3[C@@H]2[C@@H]1O. The highest BCUT2D eigenvalue weighted by atomic mass is 32.1. The molecule has 4 fully saturated rings. The van der Waals surface area contributed by atoms with E-state index in [0.29, 0.717) is 47.0 Å². The van der Waals surface area contributed by atoms with Crippen LogP contribution in [-0.4, -0.2) is 40.1 Å². The van der Waals surface area contributed by atoms with Crippen molar-refractivity contribution in [3.05, 3.63) is 0 Å². The molecule has 4 aliphatic rings. The van der Waals surface area contributed by atoms with Crippen molar-refractivity contribution in [2.45, 2.75) is 118 Å². The summed E-state index contributed by atoms with van der Waals surface area (Å²) in [5, 5.41) is 29.8. The number of nitrogens with one attached hydrogen (secondary N) is 2. The van der Waals surface area contributed by atoms with Gasteiger partial charge < -0.3 is 20.8 Å². The van der Waals surface area contributed by atoms with E-state index in [4.69, 9.17) is 12.2 Å². The van der Waals surface area contributed by atoms with E-state index in [1.807, 2.05) is 0 Å². The zero-order chi connectivity index (χ0) is 24.8. The quantitative estimate of drug-likeness (QED) is 0.368. The molecule has 0 amide bonds. The Bertz CT molecular complexity index is 731. The zero-order valence-electron chi connectivity index (χ0n) is 22.6. The Labute approximate surface area is 214 Å². The summed E-state index contributed by atoms with van der Waals surface area (Å²) in [5.74, 6) is 3.93. The fourth-order valence-corrected chi connectivity index (χ4v) is 10.2. The molecule has 0 aromatic heterocycles. The fraction of sp³-hybridized carbons (Fsp3) is 0.966. The van der Waals surface area contributed by atoms with Crippen LogP contribution < -0.4 is 10.6 Å². The van der Waals surface area contributed by atoms with E-state index in [2.05, 4.69) is 52.2 Å². The molecule has 4 saturated carbocycles. The van der Waals surface area contributed by atoms with Gasteiger partial charge in [0.2, 0.25) is 0 Å². The second-order valence-electron chi connectivity index (χ2n) is 13.4. The number of aliphatic hydroxyl groups excluding tert-OH is 2. The Hall–Kier alpha value is -0.390. The van der Waals surface area contributed by atoms with Gasteiger partial charge in [-0.2, -0.15) is 0 Å². The van der Waals surface area contributed by atoms with Gasteiger partial charge in [-0.15, -0.1) is 0 Å². The number of hydrogen-bond acceptors (Lipinski definition) is 3. The molecular weight excluding hydrogens is 440 g/mol. The molecule has 0 spiro atoms. The zero-order valence-corrected chi connectivity index (χ0v) is 23.5. The third kappa shape index (κ3) is 4.56. The first-order valence-corrected chi connectivity index (χ1v) is 14.8. The van der Waals surface area contributed by atoms with Crippen LogP contribution in [0.25, 0.3) is 0 Å². The first-order chi connectivity index (χ1) is 16.0. The van der Waals surface area contributed by atoms with E-state index < -0.39 is 0 Å². The van der Waals surface area contributed by atoms with E-state index in [0.717, 1.165) is 49.7 Å². The minimum atomic E-state index is -0.196. The standard InChI is InChI=1S/C29H52N2O2S/c1-7-20-24-16-19(32)10-13-29(24,6)23-11-14-28(5)21(8-9-22(28)25(23)26(20)33)18(4)12-15-30-27(34)31-17(2)3/h17-26,32-33H,7-16H2,1-6H3,(H2,30,31,34)/t18-,19-,20-,21-,22+,23+,24?,25+,26-,28-,29-/m1/s1. The summed E-state index contributed by atoms with van der Waals surface area (Å²) in [5.41, 5.74) is 0.631. The highest BCUT2D eigenvalue weighted by Gasteiger charge is 2.64. The average molecular weight is 493 g/mol. The third-order valence-electron chi connectivity index (χ3n) is 11.5. The van der Waals surface area contributed by atoms with Gasteiger partial charge in [0.1, 0.15) is 0 Å². The van der Waals surface area contributed by atoms with Gasteiger partial charge in [-0.1, -0.05) is 34.1 Å². The lowest BCUT2D eigenvalue weighted by Gasteiger charge is -2.64. The van der Waals surface area contributed by atoms with E-state index in [1.165, 1.54) is 25.7 Å². The van der Waals surface area contributed by atoms with Crippen LogP contribution in [0.3, 0.4) is 0 Å². The van der Waals surface area contributed by atoms with Gasteiger partial charge in [-0.25, -0.2) is 0 Å². The Balaban J connectivity index is 1.48. The lowest BCUT2D eigenvalue weighted by molar-refractivity contribution is -0.203. The Morgan fingerprint density at radius 1 is 0.971 bits per heavy atom. The molecule has 0 heterocycles. The van der Waals surface area contributed by atoms with Crippen LogP contribution in [0.5, 0.6) is 0 Å². The van der Waals surface area contributed by atoms with Crippen molar-refractivity contribution in [3.63, 3.8) is 0 Å². The second kappa shape index (κ2) is 10.2. The predicted molar refractivity (Wildman–Crippen MR) is 144 cm³/mol. The summed E-state index contributed by atoms with van der Waals surface area (Å²) in [6.45, 7) is 15.0. The molecule has 4 rings (SSSR count). The van der Waals surface area contributed by atoms with E-state index in [1.54, 1.807) is 0 Å².